The Morgan fingerprint density at radius 2 is 0.667 bits per heavy atom. The Morgan fingerprint density at radius 3 is 0.917 bits per heavy atom. The van der Waals surface area contributed by atoms with Gasteiger partial charge in [-0.1, -0.05) is 98.3 Å². The van der Waals surface area contributed by atoms with Gasteiger partial charge in [0.2, 0.25) is 0 Å². The van der Waals surface area contributed by atoms with Crippen LogP contribution in [-0.4, -0.2) is 72.9 Å². The van der Waals surface area contributed by atoms with E-state index in [0.29, 0.717) is 0 Å². The van der Waals surface area contributed by atoms with Crippen LogP contribution in [0.15, 0.2) is 108 Å². The molecule has 3 saturated carbocycles. The van der Waals surface area contributed by atoms with Crippen LogP contribution >= 0.6 is 34.0 Å². The number of unbranched alkanes of at least 4 members (excludes halogenated alkanes) is 3. The molecule has 1 unspecified atom stereocenters. The lowest BCUT2D eigenvalue weighted by Gasteiger charge is -2.46. The van der Waals surface area contributed by atoms with E-state index in [1.165, 1.54) is 167 Å². The summed E-state index contributed by atoms with van der Waals surface area (Å²) in [6.07, 6.45) is 42.2. The molecule has 0 radical (unpaired) electrons. The van der Waals surface area contributed by atoms with Crippen LogP contribution in [0.5, 0.6) is 17.2 Å². The van der Waals surface area contributed by atoms with Crippen LogP contribution in [0.2, 0.25) is 0 Å². The number of hydrogen-bond donors (Lipinski definition) is 0. The fraction of sp³-hybridized carbons (Fsp3) is 0.625. The van der Waals surface area contributed by atoms with Crippen LogP contribution < -0.4 is 14.2 Å². The molecular weight excluding hydrogens is 1100 g/mol. The Bertz CT molecular complexity index is 2470. The van der Waals surface area contributed by atoms with Crippen molar-refractivity contribution in [3.63, 3.8) is 0 Å². The third-order valence-corrected chi connectivity index (χ3v) is 22.7. The first-order valence-electron chi connectivity index (χ1n) is 31.2. The molecule has 6 fully saturated rings. The van der Waals surface area contributed by atoms with E-state index in [0.717, 1.165) is 94.9 Å². The highest BCUT2D eigenvalue weighted by Gasteiger charge is 2.51. The first-order chi connectivity index (χ1) is 39.8. The highest BCUT2D eigenvalue weighted by Crippen LogP contribution is 2.53. The second-order valence-corrected chi connectivity index (χ2v) is 27.8. The van der Waals surface area contributed by atoms with Crippen LogP contribution in [0.25, 0.3) is 0 Å². The van der Waals surface area contributed by atoms with E-state index < -0.39 is 0 Å². The first-order valence-corrected chi connectivity index (χ1v) is 33.9. The monoisotopic (exact) mass is 1200 g/mol. The number of pyridine rings is 3. The van der Waals surface area contributed by atoms with Crippen molar-refractivity contribution in [1.82, 2.24) is 15.0 Å². The van der Waals surface area contributed by atoms with Crippen molar-refractivity contribution in [2.75, 3.05) is 41.2 Å². The fourth-order valence-corrected chi connectivity index (χ4v) is 18.4. The van der Waals surface area contributed by atoms with Crippen molar-refractivity contribution < 1.29 is 28.4 Å². The number of aromatic nitrogens is 3. The van der Waals surface area contributed by atoms with Gasteiger partial charge < -0.3 is 28.4 Å². The molecule has 3 aliphatic carbocycles. The van der Waals surface area contributed by atoms with Crippen LogP contribution in [0.1, 0.15) is 227 Å². The van der Waals surface area contributed by atoms with Crippen molar-refractivity contribution in [2.45, 2.75) is 248 Å². The van der Waals surface area contributed by atoms with E-state index in [4.69, 9.17) is 43.4 Å². The SMILES string of the molecule is C.C.C.COc1ccsc1CCCCC1(c2ccccn2)CCOC2(CCCC2)C1.COc1ccsc1CCCC[C@@]1(c2ccccn2)CCOC2(CCCC2)C1.COc1ccsc1CCCC[C@]1(c2ccccn2)CCOC2(CCCC2)C1. The molecule has 9 nitrogen and oxygen atoms in total. The van der Waals surface area contributed by atoms with Gasteiger partial charge in [-0.2, -0.15) is 0 Å². The molecule has 6 aliphatic rings. The summed E-state index contributed by atoms with van der Waals surface area (Å²) < 4.78 is 35.5. The quantitative estimate of drug-likeness (QED) is 0.0653. The second kappa shape index (κ2) is 32.2. The predicted octanol–water partition coefficient (Wildman–Crippen LogP) is 19.7. The van der Waals surface area contributed by atoms with Gasteiger partial charge in [-0.05, 0) is 206 Å². The van der Waals surface area contributed by atoms with Crippen molar-refractivity contribution >= 4 is 34.0 Å². The maximum atomic E-state index is 6.36. The summed E-state index contributed by atoms with van der Waals surface area (Å²) in [5, 5.41) is 6.39. The van der Waals surface area contributed by atoms with Gasteiger partial charge in [-0.15, -0.1) is 34.0 Å². The number of hydrogen-bond acceptors (Lipinski definition) is 12. The van der Waals surface area contributed by atoms with Gasteiger partial charge in [0, 0.05) is 86.4 Å². The summed E-state index contributed by atoms with van der Waals surface area (Å²) in [6.45, 7) is 2.65. The van der Waals surface area contributed by atoms with Gasteiger partial charge in [0.25, 0.3) is 0 Å². The highest BCUT2D eigenvalue weighted by molar-refractivity contribution is 7.10. The Balaban J connectivity index is 0.000000178. The van der Waals surface area contributed by atoms with Crippen LogP contribution in [-0.2, 0) is 49.7 Å². The van der Waals surface area contributed by atoms with Gasteiger partial charge in [-0.25, -0.2) is 0 Å². The molecule has 0 aromatic carbocycles. The Morgan fingerprint density at radius 1 is 0.381 bits per heavy atom. The van der Waals surface area contributed by atoms with Gasteiger partial charge in [0.05, 0.1) is 38.1 Å². The zero-order valence-corrected chi connectivity index (χ0v) is 51.7. The first kappa shape index (κ1) is 67.3. The molecule has 0 bridgehead atoms. The lowest BCUT2D eigenvalue weighted by molar-refractivity contribution is -0.105. The second-order valence-electron chi connectivity index (χ2n) is 24.8. The van der Waals surface area contributed by atoms with E-state index in [1.807, 2.05) is 70.8 Å². The molecule has 3 aliphatic heterocycles. The van der Waals surface area contributed by atoms with Gasteiger partial charge in [-0.3, -0.25) is 15.0 Å². The molecule has 6 aromatic heterocycles. The summed E-state index contributed by atoms with van der Waals surface area (Å²) in [4.78, 5) is 18.6. The molecule has 3 spiro atoms. The van der Waals surface area contributed by atoms with E-state index in [2.05, 4.69) is 70.7 Å². The Labute approximate surface area is 519 Å². The van der Waals surface area contributed by atoms with E-state index in [-0.39, 0.29) is 55.3 Å². The third kappa shape index (κ3) is 16.5. The lowest BCUT2D eigenvalue weighted by atomic mass is 9.67. The number of methoxy groups -OCH3 is 3. The standard InChI is InChI=1S/3C23H31NO2S.3CH4/c3*1-25-19-10-17-27-20(19)8-2-4-11-22(21-9-3-7-15-24-21)14-16-26-23(18-22)12-5-6-13-23;;;/h3*3,7,9-10,15,17H,2,4-6,8,11-14,16,18H2,1H3;3*1H4/t2*22-;;;;/m10..../s1. The number of aryl methyl sites for hydroxylation is 3. The van der Waals surface area contributed by atoms with Crippen molar-refractivity contribution in [1.29, 1.82) is 0 Å². The molecule has 12 rings (SSSR count). The molecule has 3 saturated heterocycles. The third-order valence-electron chi connectivity index (χ3n) is 19.8. The number of ether oxygens (including phenoxy) is 6. The zero-order valence-electron chi connectivity index (χ0n) is 49.2. The summed E-state index contributed by atoms with van der Waals surface area (Å²) in [6, 6.07) is 25.5. The zero-order chi connectivity index (χ0) is 55.7. The van der Waals surface area contributed by atoms with E-state index in [1.54, 1.807) is 21.3 Å². The van der Waals surface area contributed by atoms with Crippen molar-refractivity contribution in [3.05, 3.63) is 139 Å². The molecule has 84 heavy (non-hydrogen) atoms. The maximum Gasteiger partial charge on any atom is 0.132 e. The molecular formula is C72H105N3O6S3. The van der Waals surface area contributed by atoms with Gasteiger partial charge in [0.1, 0.15) is 17.2 Å². The van der Waals surface area contributed by atoms with E-state index >= 15 is 0 Å². The Hall–Kier alpha value is -4.17. The number of nitrogens with zero attached hydrogens (tertiary/aromatic N) is 3. The van der Waals surface area contributed by atoms with Gasteiger partial charge >= 0.3 is 0 Å². The van der Waals surface area contributed by atoms with Crippen molar-refractivity contribution in [2.24, 2.45) is 0 Å². The fourth-order valence-electron chi connectivity index (χ4n) is 15.7. The van der Waals surface area contributed by atoms with Crippen LogP contribution in [0.4, 0.5) is 0 Å². The number of rotatable bonds is 21. The van der Waals surface area contributed by atoms with E-state index in [9.17, 15) is 0 Å². The molecule has 3 atom stereocenters. The minimum atomic E-state index is 0. The molecule has 0 N–H and O–H groups in total. The Kier molecular flexibility index (Phi) is 25.8. The lowest BCUT2D eigenvalue weighted by Crippen LogP contribution is -2.46. The normalized spacial score (nSPS) is 23.5. The molecule has 6 aromatic rings. The average molecular weight is 1200 g/mol. The summed E-state index contributed by atoms with van der Waals surface area (Å²) in [5.41, 5.74) is 4.76. The summed E-state index contributed by atoms with van der Waals surface area (Å²) >= 11 is 5.44. The van der Waals surface area contributed by atoms with Crippen LogP contribution in [0, 0.1) is 0 Å². The smallest absolute Gasteiger partial charge is 0.132 e. The molecule has 0 amide bonds. The summed E-state index contributed by atoms with van der Waals surface area (Å²) in [5.74, 6) is 3.15. The summed E-state index contributed by atoms with van der Waals surface area (Å²) in [7, 11) is 5.31. The van der Waals surface area contributed by atoms with Crippen molar-refractivity contribution in [3.8, 4) is 17.2 Å². The predicted molar refractivity (Wildman–Crippen MR) is 352 cm³/mol. The average Bonchev–Trinajstić information content (AvgIpc) is 3.38. The number of thiophene rings is 3. The largest absolute Gasteiger partial charge is 0.496 e. The topological polar surface area (TPSA) is 94.1 Å². The highest BCUT2D eigenvalue weighted by atomic mass is 32.1. The minimum absolute atomic E-state index is 0. The molecule has 462 valence electrons. The minimum Gasteiger partial charge on any atom is -0.496 e. The van der Waals surface area contributed by atoms with Crippen LogP contribution in [0.3, 0.4) is 0 Å². The van der Waals surface area contributed by atoms with Gasteiger partial charge in [0.15, 0.2) is 0 Å². The molecule has 12 heteroatoms. The maximum absolute atomic E-state index is 6.36. The molecule has 9 heterocycles.